The Morgan fingerprint density at radius 3 is 2.31 bits per heavy atom. The number of aromatic amines is 1. The van der Waals surface area contributed by atoms with Crippen LogP contribution in [0.25, 0.3) is 11.3 Å². The molecule has 26 heavy (non-hydrogen) atoms. The molecule has 0 aliphatic heterocycles. The number of aromatic nitrogens is 2. The average Bonchev–Trinajstić information content (AvgIpc) is 3.12. The lowest BCUT2D eigenvalue weighted by atomic mass is 10.2. The van der Waals surface area contributed by atoms with E-state index in [4.69, 9.17) is 0 Å². The molecule has 134 valence electrons. The largest absolute Gasteiger partial charge is 0.333 e. The minimum absolute atomic E-state index is 0.0937. The van der Waals surface area contributed by atoms with Crippen molar-refractivity contribution in [1.82, 2.24) is 9.97 Å². The van der Waals surface area contributed by atoms with Gasteiger partial charge in [0, 0.05) is 12.2 Å². The molecule has 0 fully saturated rings. The second-order valence-electron chi connectivity index (χ2n) is 5.51. The third-order valence-electron chi connectivity index (χ3n) is 3.80. The van der Waals surface area contributed by atoms with Gasteiger partial charge >= 0.3 is 0 Å². The Morgan fingerprint density at radius 1 is 1.08 bits per heavy atom. The number of thioether (sulfide) groups is 1. The number of carbonyl (C=O) groups is 1. The van der Waals surface area contributed by atoms with Gasteiger partial charge in [-0.3, -0.25) is 4.79 Å². The number of carbonyl (C=O) groups excluding carboxylic acids is 1. The van der Waals surface area contributed by atoms with Crippen LogP contribution < -0.4 is 4.90 Å². The number of rotatable bonds is 6. The standard InChI is InChI=1S/C19H17F2N3OS/c1-2-24(16-9-7-15(21)8-10-16)18(25)12-26-19-22-11-17(23-19)13-3-5-14(20)6-4-13/h3-11H,2,12H2,1H3,(H,22,23). The van der Waals surface area contributed by atoms with Crippen molar-refractivity contribution in [3.63, 3.8) is 0 Å². The highest BCUT2D eigenvalue weighted by atomic mass is 32.2. The van der Waals surface area contributed by atoms with E-state index in [1.165, 1.54) is 36.0 Å². The average molecular weight is 373 g/mol. The van der Waals surface area contributed by atoms with Gasteiger partial charge in [-0.15, -0.1) is 0 Å². The Labute approximate surface area is 154 Å². The van der Waals surface area contributed by atoms with Gasteiger partial charge in [-0.05, 0) is 61.0 Å². The van der Waals surface area contributed by atoms with Crippen LogP contribution in [0.5, 0.6) is 0 Å². The molecule has 0 bridgehead atoms. The molecule has 7 heteroatoms. The van der Waals surface area contributed by atoms with Crippen LogP contribution in [-0.2, 0) is 4.79 Å². The van der Waals surface area contributed by atoms with Crippen molar-refractivity contribution in [1.29, 1.82) is 0 Å². The molecule has 0 atom stereocenters. The van der Waals surface area contributed by atoms with Gasteiger partial charge in [0.25, 0.3) is 0 Å². The highest BCUT2D eigenvalue weighted by Crippen LogP contribution is 2.23. The summed E-state index contributed by atoms with van der Waals surface area (Å²) in [4.78, 5) is 21.4. The maximum atomic E-state index is 13.0. The molecule has 0 radical (unpaired) electrons. The van der Waals surface area contributed by atoms with Crippen molar-refractivity contribution >= 4 is 23.4 Å². The van der Waals surface area contributed by atoms with Gasteiger partial charge in [0.2, 0.25) is 5.91 Å². The van der Waals surface area contributed by atoms with Crippen molar-refractivity contribution in [2.45, 2.75) is 12.1 Å². The first-order valence-corrected chi connectivity index (χ1v) is 9.05. The number of halogens is 2. The zero-order valence-electron chi connectivity index (χ0n) is 14.1. The van der Waals surface area contributed by atoms with E-state index in [-0.39, 0.29) is 23.3 Å². The number of hydrogen-bond acceptors (Lipinski definition) is 3. The van der Waals surface area contributed by atoms with Crippen LogP contribution in [-0.4, -0.2) is 28.2 Å². The molecule has 4 nitrogen and oxygen atoms in total. The SMILES string of the molecule is CCN(C(=O)CSc1ncc(-c2ccc(F)cc2)[nH]1)c1ccc(F)cc1. The van der Waals surface area contributed by atoms with Gasteiger partial charge in [0.05, 0.1) is 17.6 Å². The molecule has 0 aliphatic carbocycles. The molecule has 1 amide bonds. The quantitative estimate of drug-likeness (QED) is 0.647. The fourth-order valence-electron chi connectivity index (χ4n) is 2.48. The smallest absolute Gasteiger partial charge is 0.237 e. The topological polar surface area (TPSA) is 49.0 Å². The maximum Gasteiger partial charge on any atom is 0.237 e. The van der Waals surface area contributed by atoms with E-state index in [9.17, 15) is 13.6 Å². The fourth-order valence-corrected chi connectivity index (χ4v) is 3.21. The molecule has 1 N–H and O–H groups in total. The first-order chi connectivity index (χ1) is 12.6. The van der Waals surface area contributed by atoms with E-state index in [1.807, 2.05) is 6.92 Å². The van der Waals surface area contributed by atoms with Crippen LogP contribution in [0, 0.1) is 11.6 Å². The minimum Gasteiger partial charge on any atom is -0.333 e. The number of hydrogen-bond donors (Lipinski definition) is 1. The summed E-state index contributed by atoms with van der Waals surface area (Å²) in [5.74, 6) is -0.532. The summed E-state index contributed by atoms with van der Waals surface area (Å²) in [6.07, 6.45) is 1.65. The molecule has 0 spiro atoms. The minimum atomic E-state index is -0.337. The van der Waals surface area contributed by atoms with E-state index in [0.29, 0.717) is 17.4 Å². The van der Waals surface area contributed by atoms with Crippen molar-refractivity contribution < 1.29 is 13.6 Å². The zero-order valence-corrected chi connectivity index (χ0v) is 14.9. The lowest BCUT2D eigenvalue weighted by Crippen LogP contribution is -2.32. The molecule has 0 unspecified atom stereocenters. The van der Waals surface area contributed by atoms with Gasteiger partial charge in [-0.25, -0.2) is 13.8 Å². The van der Waals surface area contributed by atoms with Crippen LogP contribution in [0.1, 0.15) is 6.92 Å². The van der Waals surface area contributed by atoms with Gasteiger partial charge < -0.3 is 9.88 Å². The normalized spacial score (nSPS) is 10.7. The molecule has 1 heterocycles. The Bertz CT molecular complexity index is 879. The summed E-state index contributed by atoms with van der Waals surface area (Å²) in [5, 5.41) is 0.604. The second-order valence-corrected chi connectivity index (χ2v) is 6.48. The highest BCUT2D eigenvalue weighted by Gasteiger charge is 2.15. The summed E-state index contributed by atoms with van der Waals surface area (Å²) >= 11 is 1.28. The zero-order chi connectivity index (χ0) is 18.5. The highest BCUT2D eigenvalue weighted by molar-refractivity contribution is 7.99. The lowest BCUT2D eigenvalue weighted by Gasteiger charge is -2.20. The van der Waals surface area contributed by atoms with Crippen molar-refractivity contribution in [3.8, 4) is 11.3 Å². The number of H-pyrrole nitrogens is 1. The predicted molar refractivity (Wildman–Crippen MR) is 99.1 cm³/mol. The maximum absolute atomic E-state index is 13.0. The van der Waals surface area contributed by atoms with Gasteiger partial charge in [-0.2, -0.15) is 0 Å². The molecular weight excluding hydrogens is 356 g/mol. The van der Waals surface area contributed by atoms with Crippen molar-refractivity contribution in [3.05, 3.63) is 66.4 Å². The molecule has 1 aromatic heterocycles. The van der Waals surface area contributed by atoms with Gasteiger partial charge in [0.1, 0.15) is 11.6 Å². The van der Waals surface area contributed by atoms with E-state index < -0.39 is 0 Å². The predicted octanol–water partition coefficient (Wildman–Crippen LogP) is 4.50. The van der Waals surface area contributed by atoms with Gasteiger partial charge in [0.15, 0.2) is 5.16 Å². The summed E-state index contributed by atoms with van der Waals surface area (Å²) in [5.41, 5.74) is 2.23. The summed E-state index contributed by atoms with van der Waals surface area (Å²) in [7, 11) is 0. The van der Waals surface area contributed by atoms with Crippen LogP contribution in [0.4, 0.5) is 14.5 Å². The molecule has 2 aromatic carbocycles. The van der Waals surface area contributed by atoms with E-state index in [0.717, 1.165) is 11.3 Å². The lowest BCUT2D eigenvalue weighted by molar-refractivity contribution is -0.116. The second kappa shape index (κ2) is 8.14. The molecule has 0 saturated heterocycles. The number of anilines is 1. The molecule has 3 rings (SSSR count). The first-order valence-electron chi connectivity index (χ1n) is 8.06. The number of nitrogens with one attached hydrogen (secondary N) is 1. The molecule has 3 aromatic rings. The Hall–Kier alpha value is -2.67. The van der Waals surface area contributed by atoms with Gasteiger partial charge in [-0.1, -0.05) is 11.8 Å². The third-order valence-corrected chi connectivity index (χ3v) is 4.67. The first kappa shape index (κ1) is 18.1. The number of nitrogens with zero attached hydrogens (tertiary/aromatic N) is 2. The van der Waals surface area contributed by atoms with E-state index in [1.54, 1.807) is 35.4 Å². The van der Waals surface area contributed by atoms with Crippen LogP contribution in [0.15, 0.2) is 59.9 Å². The monoisotopic (exact) mass is 373 g/mol. The number of imidazole rings is 1. The molecular formula is C19H17F2N3OS. The summed E-state index contributed by atoms with van der Waals surface area (Å²) in [6, 6.07) is 11.9. The summed E-state index contributed by atoms with van der Waals surface area (Å²) in [6.45, 7) is 2.36. The summed E-state index contributed by atoms with van der Waals surface area (Å²) < 4.78 is 26.0. The Morgan fingerprint density at radius 2 is 1.69 bits per heavy atom. The van der Waals surface area contributed by atoms with E-state index >= 15 is 0 Å². The Balaban J connectivity index is 1.63. The number of benzene rings is 2. The van der Waals surface area contributed by atoms with Crippen LogP contribution in [0.2, 0.25) is 0 Å². The molecule has 0 aliphatic rings. The van der Waals surface area contributed by atoms with Crippen molar-refractivity contribution in [2.75, 3.05) is 17.2 Å². The van der Waals surface area contributed by atoms with E-state index in [2.05, 4.69) is 9.97 Å². The van der Waals surface area contributed by atoms with Crippen LogP contribution >= 0.6 is 11.8 Å². The third kappa shape index (κ3) is 4.29. The Kier molecular flexibility index (Phi) is 5.68. The molecule has 0 saturated carbocycles. The fraction of sp³-hybridized carbons (Fsp3) is 0.158. The van der Waals surface area contributed by atoms with Crippen LogP contribution in [0.3, 0.4) is 0 Å². The van der Waals surface area contributed by atoms with Crippen molar-refractivity contribution in [2.24, 2.45) is 0 Å². The number of amides is 1.